The number of amides is 1. The first kappa shape index (κ1) is 22.2. The number of nitrogens with zero attached hydrogens (tertiary/aromatic N) is 3. The van der Waals surface area contributed by atoms with Crippen LogP contribution >= 0.6 is 11.3 Å². The first-order valence-corrected chi connectivity index (χ1v) is 12.0. The molecule has 0 fully saturated rings. The van der Waals surface area contributed by atoms with Gasteiger partial charge in [0.1, 0.15) is 16.7 Å². The van der Waals surface area contributed by atoms with E-state index in [2.05, 4.69) is 28.3 Å². The molecule has 1 aliphatic carbocycles. The molecule has 1 amide bonds. The number of aromatic nitrogens is 1. The van der Waals surface area contributed by atoms with Crippen molar-refractivity contribution in [1.29, 1.82) is 0 Å². The molecule has 1 unspecified atom stereocenters. The van der Waals surface area contributed by atoms with Gasteiger partial charge in [-0.05, 0) is 73.0 Å². The number of benzene rings is 1. The molecule has 0 bridgehead atoms. The molecule has 0 saturated carbocycles. The number of carbonyl (C=O) groups is 1. The normalized spacial score (nSPS) is 23.4. The van der Waals surface area contributed by atoms with Crippen molar-refractivity contribution in [3.8, 4) is 28.7 Å². The Morgan fingerprint density at radius 3 is 2.79 bits per heavy atom. The zero-order chi connectivity index (χ0) is 24.1. The Labute approximate surface area is 203 Å². The van der Waals surface area contributed by atoms with Gasteiger partial charge in [0, 0.05) is 35.4 Å². The summed E-state index contributed by atoms with van der Waals surface area (Å²) in [4.78, 5) is 25.8. The second-order valence-corrected chi connectivity index (χ2v) is 9.78. The summed E-state index contributed by atoms with van der Waals surface area (Å²) in [6.45, 7) is 3.85. The first-order valence-electron chi connectivity index (χ1n) is 11.1. The van der Waals surface area contributed by atoms with Crippen LogP contribution < -0.4 is 10.5 Å². The minimum atomic E-state index is -0.850. The van der Waals surface area contributed by atoms with Gasteiger partial charge < -0.3 is 10.5 Å². The van der Waals surface area contributed by atoms with Gasteiger partial charge in [-0.15, -0.1) is 17.3 Å². The fourth-order valence-corrected chi connectivity index (χ4v) is 6.42. The van der Waals surface area contributed by atoms with E-state index >= 15 is 0 Å². The van der Waals surface area contributed by atoms with Gasteiger partial charge in [-0.3, -0.25) is 14.7 Å². The van der Waals surface area contributed by atoms with Crippen LogP contribution in [0.15, 0.2) is 53.1 Å². The summed E-state index contributed by atoms with van der Waals surface area (Å²) in [5.74, 6) is 6.98. The second kappa shape index (κ2) is 8.00. The van der Waals surface area contributed by atoms with E-state index in [1.807, 2.05) is 44.3 Å². The summed E-state index contributed by atoms with van der Waals surface area (Å²) in [5, 5.41) is 2.09. The lowest BCUT2D eigenvalue weighted by Gasteiger charge is -2.48. The van der Waals surface area contributed by atoms with Gasteiger partial charge in [-0.25, -0.2) is 4.99 Å². The average molecular weight is 471 g/mol. The lowest BCUT2D eigenvalue weighted by molar-refractivity contribution is -0.136. The van der Waals surface area contributed by atoms with Crippen molar-refractivity contribution < 1.29 is 9.53 Å². The van der Waals surface area contributed by atoms with Crippen LogP contribution in [0, 0.1) is 11.8 Å². The lowest BCUT2D eigenvalue weighted by atomic mass is 9.64. The maximum atomic E-state index is 14.0. The number of ether oxygens (including phenoxy) is 1. The number of aryl methyl sites for hydroxylation is 1. The van der Waals surface area contributed by atoms with Crippen molar-refractivity contribution in [3.05, 3.63) is 69.7 Å². The second-order valence-electron chi connectivity index (χ2n) is 8.87. The number of fused-ring (bicyclic) bond motifs is 2. The van der Waals surface area contributed by atoms with Crippen LogP contribution in [0.25, 0.3) is 11.1 Å². The van der Waals surface area contributed by atoms with Crippen molar-refractivity contribution in [2.24, 2.45) is 10.7 Å². The summed E-state index contributed by atoms with van der Waals surface area (Å²) < 4.78 is 5.44. The molecule has 1 aliphatic heterocycles. The Morgan fingerprint density at radius 2 is 2.03 bits per heavy atom. The number of nitrogens with two attached hydrogens (primary N) is 1. The molecule has 1 aromatic carbocycles. The first-order chi connectivity index (χ1) is 16.3. The summed E-state index contributed by atoms with van der Waals surface area (Å²) in [5.41, 5.74) is 9.58. The van der Waals surface area contributed by atoms with Crippen molar-refractivity contribution in [3.63, 3.8) is 0 Å². The molecule has 2 aromatic heterocycles. The van der Waals surface area contributed by atoms with E-state index in [0.717, 1.165) is 44.9 Å². The minimum absolute atomic E-state index is 0.0248. The Bertz CT molecular complexity index is 1400. The maximum absolute atomic E-state index is 14.0. The van der Waals surface area contributed by atoms with E-state index in [9.17, 15) is 4.79 Å². The van der Waals surface area contributed by atoms with Crippen molar-refractivity contribution in [2.75, 3.05) is 14.2 Å². The molecule has 0 saturated heterocycles. The fraction of sp³-hybridized carbons (Fsp3) is 0.296. The smallest absolute Gasteiger partial charge is 0.242 e. The van der Waals surface area contributed by atoms with Crippen LogP contribution in [0.5, 0.6) is 5.75 Å². The molecule has 172 valence electrons. The van der Waals surface area contributed by atoms with Crippen LogP contribution in [0.2, 0.25) is 0 Å². The van der Waals surface area contributed by atoms with Crippen LogP contribution in [0.1, 0.15) is 41.8 Å². The monoisotopic (exact) mass is 470 g/mol. The zero-order valence-electron chi connectivity index (χ0n) is 19.7. The van der Waals surface area contributed by atoms with E-state index in [0.29, 0.717) is 6.42 Å². The van der Waals surface area contributed by atoms with Gasteiger partial charge in [0.2, 0.25) is 5.91 Å². The van der Waals surface area contributed by atoms with Crippen molar-refractivity contribution in [2.45, 2.75) is 37.6 Å². The Balaban J connectivity index is 1.68. The van der Waals surface area contributed by atoms with Gasteiger partial charge >= 0.3 is 0 Å². The third kappa shape index (κ3) is 3.06. The number of thiophene rings is 1. The van der Waals surface area contributed by atoms with E-state index in [4.69, 9.17) is 15.5 Å². The average Bonchev–Trinajstić information content (AvgIpc) is 3.49. The standard InChI is InChI=1S/C27H26N4O2S/c1-5-6-17-11-19(15-29-14-17)20-13-23(34-16-20)26(2)27(24(32)31(3)25(28)30-26)10-9-18-12-21(33-4)7-8-22(18)27/h7-8,11-16H,9-10H2,1-4H3,(H2,28,30)/t26-,27?/m1/s1. The summed E-state index contributed by atoms with van der Waals surface area (Å²) >= 11 is 1.60. The van der Waals surface area contributed by atoms with Crippen LogP contribution in [0.3, 0.4) is 0 Å². The van der Waals surface area contributed by atoms with Gasteiger partial charge in [-0.1, -0.05) is 12.0 Å². The highest BCUT2D eigenvalue weighted by atomic mass is 32.1. The third-order valence-corrected chi connectivity index (χ3v) is 8.29. The molecule has 6 nitrogen and oxygen atoms in total. The number of hydrogen-bond acceptors (Lipinski definition) is 6. The highest BCUT2D eigenvalue weighted by molar-refractivity contribution is 7.10. The fourth-order valence-electron chi connectivity index (χ4n) is 5.32. The van der Waals surface area contributed by atoms with Gasteiger partial charge in [0.05, 0.1) is 7.11 Å². The van der Waals surface area contributed by atoms with Gasteiger partial charge in [-0.2, -0.15) is 0 Å². The third-order valence-electron chi connectivity index (χ3n) is 7.14. The quantitative estimate of drug-likeness (QED) is 0.585. The summed E-state index contributed by atoms with van der Waals surface area (Å²) in [7, 11) is 3.36. The highest BCUT2D eigenvalue weighted by Crippen LogP contribution is 2.57. The largest absolute Gasteiger partial charge is 0.497 e. The predicted octanol–water partition coefficient (Wildman–Crippen LogP) is 4.08. The molecule has 34 heavy (non-hydrogen) atoms. The summed E-state index contributed by atoms with van der Waals surface area (Å²) in [6.07, 6.45) is 5.02. The highest BCUT2D eigenvalue weighted by Gasteiger charge is 2.62. The zero-order valence-corrected chi connectivity index (χ0v) is 20.5. The SMILES string of the molecule is CC#Cc1cncc(-c2csc([C@@]3(C)N=C(N)N(C)C(=O)C34CCc3cc(OC)ccc34)c2)c1. The molecule has 1 spiro atoms. The number of likely N-dealkylation sites (N-methyl/N-ethyl adjacent to an activating group) is 1. The lowest BCUT2D eigenvalue weighted by Crippen LogP contribution is -2.62. The molecule has 2 N–H and O–H groups in total. The summed E-state index contributed by atoms with van der Waals surface area (Å²) in [6, 6.07) is 10.1. The Morgan fingerprint density at radius 1 is 1.21 bits per heavy atom. The molecular weight excluding hydrogens is 444 g/mol. The molecule has 0 radical (unpaired) electrons. The number of hydrogen-bond donors (Lipinski definition) is 1. The number of guanidine groups is 1. The van der Waals surface area contributed by atoms with Gasteiger partial charge in [0.15, 0.2) is 5.96 Å². The molecule has 5 rings (SSSR count). The number of pyridine rings is 1. The van der Waals surface area contributed by atoms with E-state index in [1.54, 1.807) is 31.7 Å². The molecule has 2 atom stereocenters. The number of rotatable bonds is 3. The van der Waals surface area contributed by atoms with E-state index in [-0.39, 0.29) is 11.9 Å². The number of methoxy groups -OCH3 is 1. The van der Waals surface area contributed by atoms with E-state index < -0.39 is 11.0 Å². The van der Waals surface area contributed by atoms with Crippen LogP contribution in [-0.2, 0) is 22.2 Å². The number of carbonyl (C=O) groups excluding carboxylic acids is 1. The van der Waals surface area contributed by atoms with Crippen molar-refractivity contribution in [1.82, 2.24) is 9.88 Å². The number of aliphatic imine (C=N–C) groups is 1. The molecule has 7 heteroatoms. The van der Waals surface area contributed by atoms with Crippen LogP contribution in [-0.4, -0.2) is 35.9 Å². The van der Waals surface area contributed by atoms with E-state index in [1.165, 1.54) is 4.90 Å². The van der Waals surface area contributed by atoms with Crippen molar-refractivity contribution >= 4 is 23.2 Å². The molecule has 3 aromatic rings. The maximum Gasteiger partial charge on any atom is 0.242 e. The van der Waals surface area contributed by atoms with Gasteiger partial charge in [0.25, 0.3) is 0 Å². The molecule has 3 heterocycles. The molecule has 2 aliphatic rings. The van der Waals surface area contributed by atoms with Crippen LogP contribution in [0.4, 0.5) is 0 Å². The topological polar surface area (TPSA) is 80.8 Å². The Hall–Kier alpha value is -3.63. The Kier molecular flexibility index (Phi) is 5.22. The molecular formula is C27H26N4O2S. The minimum Gasteiger partial charge on any atom is -0.497 e. The predicted molar refractivity (Wildman–Crippen MR) is 135 cm³/mol.